The van der Waals surface area contributed by atoms with Crippen LogP contribution < -0.4 is 5.32 Å². The summed E-state index contributed by atoms with van der Waals surface area (Å²) in [5.74, 6) is 0.706. The Morgan fingerprint density at radius 2 is 2.11 bits per heavy atom. The van der Waals surface area contributed by atoms with E-state index in [-0.39, 0.29) is 5.88 Å². The Labute approximate surface area is 110 Å². The molecule has 1 unspecified atom stereocenters. The predicted molar refractivity (Wildman–Crippen MR) is 69.7 cm³/mol. The quantitative estimate of drug-likeness (QED) is 0.865. The average Bonchev–Trinajstić information content (AvgIpc) is 2.86. The lowest BCUT2D eigenvalue weighted by atomic mass is 9.88. The maximum absolute atomic E-state index is 5.63. The van der Waals surface area contributed by atoms with Gasteiger partial charge in [-0.15, -0.1) is 16.7 Å². The van der Waals surface area contributed by atoms with Gasteiger partial charge in [-0.3, -0.25) is 0 Å². The van der Waals surface area contributed by atoms with Gasteiger partial charge in [-0.1, -0.05) is 29.4 Å². The van der Waals surface area contributed by atoms with Crippen molar-refractivity contribution in [3.8, 4) is 0 Å². The minimum Gasteiger partial charge on any atom is -0.407 e. The molecule has 1 aliphatic rings. The summed E-state index contributed by atoms with van der Waals surface area (Å²) in [6.45, 7) is 0. The molecule has 1 atom stereocenters. The van der Waals surface area contributed by atoms with E-state index in [9.17, 15) is 0 Å². The fraction of sp³-hybridized carbons (Fsp3) is 0.385. The molecule has 18 heavy (non-hydrogen) atoms. The molecular weight excluding hydrogens is 250 g/mol. The van der Waals surface area contributed by atoms with Crippen molar-refractivity contribution in [2.24, 2.45) is 0 Å². The van der Waals surface area contributed by atoms with Crippen LogP contribution in [0, 0.1) is 0 Å². The highest BCUT2D eigenvalue weighted by Crippen LogP contribution is 2.23. The summed E-state index contributed by atoms with van der Waals surface area (Å²) in [5, 5.41) is 11.0. The highest BCUT2D eigenvalue weighted by molar-refractivity contribution is 6.16. The van der Waals surface area contributed by atoms with Gasteiger partial charge in [0.05, 0.1) is 0 Å². The Kier molecular flexibility index (Phi) is 3.19. The zero-order valence-electron chi connectivity index (χ0n) is 9.90. The van der Waals surface area contributed by atoms with Crippen molar-refractivity contribution in [3.05, 3.63) is 41.3 Å². The highest BCUT2D eigenvalue weighted by Gasteiger charge is 2.19. The van der Waals surface area contributed by atoms with E-state index in [0.717, 1.165) is 19.3 Å². The van der Waals surface area contributed by atoms with Gasteiger partial charge < -0.3 is 9.73 Å². The fourth-order valence-electron chi connectivity index (χ4n) is 2.36. The third-order valence-corrected chi connectivity index (χ3v) is 3.48. The lowest BCUT2D eigenvalue weighted by Gasteiger charge is -2.24. The van der Waals surface area contributed by atoms with E-state index in [1.54, 1.807) is 0 Å². The van der Waals surface area contributed by atoms with E-state index in [1.807, 2.05) is 0 Å². The van der Waals surface area contributed by atoms with Crippen molar-refractivity contribution in [1.29, 1.82) is 0 Å². The van der Waals surface area contributed by atoms with E-state index in [2.05, 4.69) is 39.8 Å². The van der Waals surface area contributed by atoms with Crippen LogP contribution in [0.25, 0.3) is 0 Å². The normalized spacial score (nSPS) is 18.4. The van der Waals surface area contributed by atoms with Gasteiger partial charge in [-0.05, 0) is 30.4 Å². The third kappa shape index (κ3) is 2.34. The van der Waals surface area contributed by atoms with Gasteiger partial charge in [0.25, 0.3) is 0 Å². The van der Waals surface area contributed by atoms with Gasteiger partial charge in [0.15, 0.2) is 0 Å². The first-order valence-corrected chi connectivity index (χ1v) is 6.60. The monoisotopic (exact) mass is 263 g/mol. The van der Waals surface area contributed by atoms with Crippen molar-refractivity contribution in [3.63, 3.8) is 0 Å². The van der Waals surface area contributed by atoms with Gasteiger partial charge in [-0.2, -0.15) is 0 Å². The lowest BCUT2D eigenvalue weighted by molar-refractivity contribution is 0.506. The van der Waals surface area contributed by atoms with Crippen LogP contribution in [0.2, 0.25) is 0 Å². The number of alkyl halides is 1. The van der Waals surface area contributed by atoms with Gasteiger partial charge >= 0.3 is 6.01 Å². The van der Waals surface area contributed by atoms with Crippen LogP contribution in [0.1, 0.15) is 23.4 Å². The number of hydrogen-bond acceptors (Lipinski definition) is 4. The molecule has 0 aliphatic heterocycles. The van der Waals surface area contributed by atoms with Crippen molar-refractivity contribution in [1.82, 2.24) is 10.2 Å². The van der Waals surface area contributed by atoms with Gasteiger partial charge in [0.2, 0.25) is 5.89 Å². The van der Waals surface area contributed by atoms with E-state index in [4.69, 9.17) is 16.0 Å². The maximum atomic E-state index is 5.63. The molecule has 2 aromatic rings. The summed E-state index contributed by atoms with van der Waals surface area (Å²) in [5.41, 5.74) is 2.85. The molecule has 0 saturated heterocycles. The van der Waals surface area contributed by atoms with Crippen molar-refractivity contribution < 1.29 is 4.42 Å². The second kappa shape index (κ2) is 4.98. The molecule has 0 spiro atoms. The number of benzene rings is 1. The Balaban J connectivity index is 1.69. The molecule has 94 valence electrons. The Morgan fingerprint density at radius 1 is 1.28 bits per heavy atom. The van der Waals surface area contributed by atoms with E-state index in [1.165, 1.54) is 11.1 Å². The number of fused-ring (bicyclic) bond motifs is 1. The van der Waals surface area contributed by atoms with E-state index >= 15 is 0 Å². The molecule has 0 radical (unpaired) electrons. The van der Waals surface area contributed by atoms with Crippen LogP contribution in [-0.2, 0) is 18.7 Å². The number of hydrogen-bond donors (Lipinski definition) is 1. The Morgan fingerprint density at radius 3 is 2.89 bits per heavy atom. The predicted octanol–water partition coefficient (Wildman–Crippen LogP) is 2.78. The van der Waals surface area contributed by atoms with Crippen molar-refractivity contribution in [2.75, 3.05) is 5.32 Å². The SMILES string of the molecule is ClCc1nnc(NC2CCc3ccccc3C2)o1. The van der Waals surface area contributed by atoms with Crippen molar-refractivity contribution >= 4 is 17.6 Å². The molecule has 3 rings (SSSR count). The summed E-state index contributed by atoms with van der Waals surface area (Å²) in [4.78, 5) is 0. The summed E-state index contributed by atoms with van der Waals surface area (Å²) >= 11 is 5.63. The number of rotatable bonds is 3. The molecule has 1 N–H and O–H groups in total. The highest BCUT2D eigenvalue weighted by atomic mass is 35.5. The largest absolute Gasteiger partial charge is 0.407 e. The number of anilines is 1. The van der Waals surface area contributed by atoms with Gasteiger partial charge in [0.1, 0.15) is 5.88 Å². The first-order chi connectivity index (χ1) is 8.85. The molecule has 1 aliphatic carbocycles. The van der Waals surface area contributed by atoms with Crippen LogP contribution >= 0.6 is 11.6 Å². The molecule has 1 aromatic carbocycles. The topological polar surface area (TPSA) is 51.0 Å². The molecule has 1 aromatic heterocycles. The van der Waals surface area contributed by atoms with Crippen LogP contribution in [0.3, 0.4) is 0 Å². The number of aromatic nitrogens is 2. The second-order valence-corrected chi connectivity index (χ2v) is 4.75. The van der Waals surface area contributed by atoms with Crippen molar-refractivity contribution in [2.45, 2.75) is 31.2 Å². The zero-order valence-corrected chi connectivity index (χ0v) is 10.7. The van der Waals surface area contributed by atoms with Crippen LogP contribution in [-0.4, -0.2) is 16.2 Å². The molecule has 1 heterocycles. The lowest BCUT2D eigenvalue weighted by Crippen LogP contribution is -2.27. The second-order valence-electron chi connectivity index (χ2n) is 4.49. The molecular formula is C13H14ClN3O. The first kappa shape index (κ1) is 11.5. The van der Waals surface area contributed by atoms with Gasteiger partial charge in [-0.25, -0.2) is 0 Å². The zero-order chi connectivity index (χ0) is 12.4. The van der Waals surface area contributed by atoms with Crippen LogP contribution in [0.4, 0.5) is 6.01 Å². The molecule has 0 bridgehead atoms. The smallest absolute Gasteiger partial charge is 0.315 e. The van der Waals surface area contributed by atoms with Crippen LogP contribution in [0.5, 0.6) is 0 Å². The Hall–Kier alpha value is -1.55. The molecule has 0 fully saturated rings. The minimum absolute atomic E-state index is 0.252. The van der Waals surface area contributed by atoms with Gasteiger partial charge in [0, 0.05) is 6.04 Å². The summed E-state index contributed by atoms with van der Waals surface area (Å²) in [6.07, 6.45) is 3.16. The molecule has 4 nitrogen and oxygen atoms in total. The Bertz CT molecular complexity index is 541. The molecule has 5 heteroatoms. The fourth-order valence-corrected chi connectivity index (χ4v) is 2.47. The maximum Gasteiger partial charge on any atom is 0.315 e. The number of halogens is 1. The summed E-state index contributed by atoms with van der Waals surface area (Å²) < 4.78 is 5.36. The summed E-state index contributed by atoms with van der Waals surface area (Å²) in [7, 11) is 0. The van der Waals surface area contributed by atoms with Crippen LogP contribution in [0.15, 0.2) is 28.7 Å². The number of aryl methyl sites for hydroxylation is 1. The van der Waals surface area contributed by atoms with E-state index in [0.29, 0.717) is 17.9 Å². The number of nitrogens with zero attached hydrogens (tertiary/aromatic N) is 2. The first-order valence-electron chi connectivity index (χ1n) is 6.07. The third-order valence-electron chi connectivity index (χ3n) is 3.26. The standard InChI is InChI=1S/C13H14ClN3O/c14-8-12-16-17-13(18-12)15-11-6-5-9-3-1-2-4-10(9)7-11/h1-4,11H,5-8H2,(H,15,17). The average molecular weight is 264 g/mol. The molecule has 0 saturated carbocycles. The summed E-state index contributed by atoms with van der Waals surface area (Å²) in [6, 6.07) is 9.38. The van der Waals surface area contributed by atoms with E-state index < -0.39 is 0 Å². The minimum atomic E-state index is 0.252. The number of nitrogens with one attached hydrogen (secondary N) is 1. The molecule has 0 amide bonds.